The van der Waals surface area contributed by atoms with Gasteiger partial charge < -0.3 is 19.7 Å². The fourth-order valence-corrected chi connectivity index (χ4v) is 8.14. The van der Waals surface area contributed by atoms with E-state index in [1.807, 2.05) is 0 Å². The highest BCUT2D eigenvalue weighted by molar-refractivity contribution is 6.45. The molecule has 2 N–H and O–H groups in total. The maximum Gasteiger partial charge on any atom is 0.339 e. The van der Waals surface area contributed by atoms with Crippen LogP contribution in [0.2, 0.25) is 0 Å². The average molecular weight is 473 g/mol. The molecule has 5 rings (SSSR count). The fraction of sp³-hybridized carbons (Fsp3) is 0.739. The number of carbonyl (C=O) groups is 2. The lowest BCUT2D eigenvalue weighted by molar-refractivity contribution is -0.253. The van der Waals surface area contributed by atoms with Crippen LogP contribution in [0.3, 0.4) is 0 Å². The molecule has 32 heavy (non-hydrogen) atoms. The zero-order valence-corrected chi connectivity index (χ0v) is 19.1. The third-order valence-electron chi connectivity index (χ3n) is 9.02. The van der Waals surface area contributed by atoms with E-state index in [0.29, 0.717) is 0 Å². The molecule has 0 spiro atoms. The summed E-state index contributed by atoms with van der Waals surface area (Å²) in [6.45, 7) is 6.37. The monoisotopic (exact) mass is 472 g/mol. The second-order valence-corrected chi connectivity index (χ2v) is 11.2. The van der Waals surface area contributed by atoms with Crippen LogP contribution in [0.1, 0.15) is 47.0 Å². The van der Waals surface area contributed by atoms with Crippen LogP contribution in [0.4, 0.5) is 8.78 Å². The van der Waals surface area contributed by atoms with Gasteiger partial charge in [-0.15, -0.1) is 0 Å². The lowest BCUT2D eigenvalue weighted by atomic mass is 9.44. The van der Waals surface area contributed by atoms with Crippen LogP contribution >= 0.6 is 11.6 Å². The number of alkyl halides is 2. The molecule has 4 fully saturated rings. The number of aliphatic hydroxyl groups is 1. The van der Waals surface area contributed by atoms with E-state index >= 15 is 8.78 Å². The van der Waals surface area contributed by atoms with Crippen LogP contribution in [0.15, 0.2) is 22.8 Å². The Labute approximate surface area is 189 Å². The Balaban J connectivity index is 1.68. The van der Waals surface area contributed by atoms with Gasteiger partial charge in [0, 0.05) is 16.7 Å². The minimum Gasteiger partial charge on any atom is -0.479 e. The molecule has 1 heterocycles. The zero-order valence-electron chi connectivity index (χ0n) is 18.3. The standard InChI is InChI=1S/C23H27ClF2O6/c1-19(2)31-15-8-10-11-7-12(25)16-17(24)13(27)5-6-20(16,3)22(11,26)14(28)9-21(10,4)23(15,32-19)18(29)30/h5-6,10-12,14-15,28H,7-9H2,1-4H3,(H,29,30)/t10-,11-,12-,14-,15+,20-,21-,22-,23-/m0/s1. The van der Waals surface area contributed by atoms with Crippen LogP contribution in [-0.2, 0) is 19.1 Å². The Kier molecular flexibility index (Phi) is 4.35. The highest BCUT2D eigenvalue weighted by atomic mass is 35.5. The van der Waals surface area contributed by atoms with E-state index in [2.05, 4.69) is 0 Å². The number of halogens is 3. The van der Waals surface area contributed by atoms with Crippen molar-refractivity contribution in [2.75, 3.05) is 0 Å². The molecule has 0 radical (unpaired) electrons. The molecular weight excluding hydrogens is 446 g/mol. The molecule has 1 saturated heterocycles. The number of aliphatic carboxylic acids is 1. The SMILES string of the molecule is CC1(C)O[C@@H]2C[C@H]3[C@@H]4C[C@H](F)C5=C(Cl)C(=O)C=C[C@]5(C)[C@@]4(F)[C@@H](O)C[C@]3(C)[C@]2(C(=O)O)O1. The van der Waals surface area contributed by atoms with E-state index in [9.17, 15) is 19.8 Å². The number of rotatable bonds is 1. The molecule has 0 aromatic carbocycles. The van der Waals surface area contributed by atoms with Gasteiger partial charge in [0.1, 0.15) is 12.3 Å². The molecule has 0 aromatic rings. The summed E-state index contributed by atoms with van der Waals surface area (Å²) in [5.41, 5.74) is -7.13. The lowest BCUT2D eigenvalue weighted by Gasteiger charge is -2.63. The van der Waals surface area contributed by atoms with Gasteiger partial charge >= 0.3 is 5.97 Å². The molecule has 4 aliphatic carbocycles. The van der Waals surface area contributed by atoms with E-state index in [0.717, 1.165) is 6.08 Å². The van der Waals surface area contributed by atoms with Crippen LogP contribution in [0.25, 0.3) is 0 Å². The van der Waals surface area contributed by atoms with Crippen molar-refractivity contribution < 1.29 is 38.1 Å². The highest BCUT2D eigenvalue weighted by Crippen LogP contribution is 2.72. The molecular formula is C23H27ClF2O6. The summed E-state index contributed by atoms with van der Waals surface area (Å²) in [6.07, 6.45) is -2.15. The molecule has 176 valence electrons. The number of hydrogen-bond acceptors (Lipinski definition) is 5. The van der Waals surface area contributed by atoms with Gasteiger partial charge in [0.25, 0.3) is 0 Å². The van der Waals surface area contributed by atoms with Gasteiger partial charge in [0.2, 0.25) is 0 Å². The Bertz CT molecular complexity index is 995. The first-order chi connectivity index (χ1) is 14.7. The summed E-state index contributed by atoms with van der Waals surface area (Å²) < 4.78 is 44.7. The lowest BCUT2D eigenvalue weighted by Crippen LogP contribution is -2.71. The van der Waals surface area contributed by atoms with Crippen LogP contribution in [-0.4, -0.2) is 57.4 Å². The molecule has 3 saturated carbocycles. The van der Waals surface area contributed by atoms with Crippen LogP contribution in [0, 0.1) is 22.7 Å². The molecule has 9 atom stereocenters. The minimum absolute atomic E-state index is 0.146. The molecule has 0 unspecified atom stereocenters. The second kappa shape index (κ2) is 6.20. The summed E-state index contributed by atoms with van der Waals surface area (Å²) in [4.78, 5) is 24.7. The Hall–Kier alpha value is -1.35. The van der Waals surface area contributed by atoms with Crippen molar-refractivity contribution in [2.45, 2.75) is 82.4 Å². The first-order valence-corrected chi connectivity index (χ1v) is 11.3. The number of fused-ring (bicyclic) bond motifs is 7. The number of carboxylic acid groups (broad SMARTS) is 1. The highest BCUT2D eigenvalue weighted by Gasteiger charge is 2.81. The number of ether oxygens (including phenoxy) is 2. The molecule has 0 aromatic heterocycles. The van der Waals surface area contributed by atoms with Crippen LogP contribution in [0.5, 0.6) is 0 Å². The van der Waals surface area contributed by atoms with Crippen molar-refractivity contribution >= 4 is 23.4 Å². The molecule has 5 aliphatic rings. The van der Waals surface area contributed by atoms with Gasteiger partial charge in [-0.05, 0) is 57.6 Å². The number of hydrogen-bond donors (Lipinski definition) is 2. The van der Waals surface area contributed by atoms with Gasteiger partial charge in [0.15, 0.2) is 22.8 Å². The van der Waals surface area contributed by atoms with E-state index in [1.165, 1.54) is 13.0 Å². The predicted octanol–water partition coefficient (Wildman–Crippen LogP) is 3.46. The first-order valence-electron chi connectivity index (χ1n) is 10.9. The van der Waals surface area contributed by atoms with Crippen molar-refractivity contribution in [1.29, 1.82) is 0 Å². The average Bonchev–Trinajstić information content (AvgIpc) is 3.08. The van der Waals surface area contributed by atoms with Gasteiger partial charge in [-0.2, -0.15) is 0 Å². The quantitative estimate of drug-likeness (QED) is 0.607. The van der Waals surface area contributed by atoms with Crippen molar-refractivity contribution in [2.24, 2.45) is 22.7 Å². The largest absolute Gasteiger partial charge is 0.479 e. The summed E-state index contributed by atoms with van der Waals surface area (Å²) in [5.74, 6) is -4.65. The minimum atomic E-state index is -2.35. The maximum absolute atomic E-state index is 17.2. The van der Waals surface area contributed by atoms with Gasteiger partial charge in [-0.25, -0.2) is 13.6 Å². The van der Waals surface area contributed by atoms with E-state index in [4.69, 9.17) is 21.1 Å². The van der Waals surface area contributed by atoms with E-state index < -0.39 is 69.9 Å². The third kappa shape index (κ3) is 2.25. The van der Waals surface area contributed by atoms with Gasteiger partial charge in [0.05, 0.1) is 11.1 Å². The number of carbonyl (C=O) groups excluding carboxylic acids is 1. The summed E-state index contributed by atoms with van der Waals surface area (Å²) in [7, 11) is 0. The Morgan fingerprint density at radius 3 is 2.50 bits per heavy atom. The topological polar surface area (TPSA) is 93.1 Å². The number of aliphatic hydroxyl groups excluding tert-OH is 1. The predicted molar refractivity (Wildman–Crippen MR) is 109 cm³/mol. The maximum atomic E-state index is 17.2. The Morgan fingerprint density at radius 2 is 1.88 bits per heavy atom. The molecule has 1 aliphatic heterocycles. The number of allylic oxidation sites excluding steroid dienone is 4. The van der Waals surface area contributed by atoms with Crippen molar-refractivity contribution in [3.05, 3.63) is 22.8 Å². The van der Waals surface area contributed by atoms with Crippen molar-refractivity contribution in [3.63, 3.8) is 0 Å². The van der Waals surface area contributed by atoms with Gasteiger partial charge in [-0.3, -0.25) is 4.79 Å². The first kappa shape index (κ1) is 22.4. The molecule has 0 amide bonds. The second-order valence-electron chi connectivity index (χ2n) is 10.8. The van der Waals surface area contributed by atoms with Crippen LogP contribution < -0.4 is 0 Å². The zero-order chi connectivity index (χ0) is 23.6. The summed E-state index contributed by atoms with van der Waals surface area (Å²) >= 11 is 6.15. The summed E-state index contributed by atoms with van der Waals surface area (Å²) in [6, 6.07) is 0. The molecule has 9 heteroatoms. The van der Waals surface area contributed by atoms with Crippen molar-refractivity contribution in [1.82, 2.24) is 0 Å². The third-order valence-corrected chi connectivity index (χ3v) is 9.41. The number of ketones is 1. The van der Waals surface area contributed by atoms with Gasteiger partial charge in [-0.1, -0.05) is 24.6 Å². The number of carboxylic acids is 1. The fourth-order valence-electron chi connectivity index (χ4n) is 7.77. The summed E-state index contributed by atoms with van der Waals surface area (Å²) in [5, 5.41) is 21.2. The smallest absolute Gasteiger partial charge is 0.339 e. The normalized spacial score (nSPS) is 53.5. The van der Waals surface area contributed by atoms with Crippen molar-refractivity contribution in [3.8, 4) is 0 Å². The molecule has 6 nitrogen and oxygen atoms in total. The molecule has 0 bridgehead atoms. The van der Waals surface area contributed by atoms with E-state index in [1.54, 1.807) is 20.8 Å². The van der Waals surface area contributed by atoms with E-state index in [-0.39, 0.29) is 29.9 Å². The Morgan fingerprint density at radius 1 is 1.22 bits per heavy atom.